The van der Waals surface area contributed by atoms with Crippen LogP contribution < -0.4 is 5.32 Å². The van der Waals surface area contributed by atoms with Crippen molar-refractivity contribution in [3.63, 3.8) is 0 Å². The standard InChI is InChI=1S/C13H20N2/c1-15-7-4-11(9-15)8-14-10-13(5-6-13)12-2-3-12/h4,7,9,12,14H,2-3,5-6,8,10H2,1H3. The van der Waals surface area contributed by atoms with Crippen LogP contribution in [-0.4, -0.2) is 11.1 Å². The summed E-state index contributed by atoms with van der Waals surface area (Å²) in [5, 5.41) is 3.63. The Labute approximate surface area is 91.7 Å². The molecule has 0 spiro atoms. The summed E-state index contributed by atoms with van der Waals surface area (Å²) in [5.41, 5.74) is 2.14. The molecule has 3 rings (SSSR count). The van der Waals surface area contributed by atoms with E-state index in [1.165, 1.54) is 37.8 Å². The van der Waals surface area contributed by atoms with Crippen LogP contribution >= 0.6 is 0 Å². The summed E-state index contributed by atoms with van der Waals surface area (Å²) in [5.74, 6) is 1.07. The molecule has 15 heavy (non-hydrogen) atoms. The second kappa shape index (κ2) is 3.38. The Morgan fingerprint density at radius 2 is 2.27 bits per heavy atom. The summed E-state index contributed by atoms with van der Waals surface area (Å²) in [6.45, 7) is 2.28. The Balaban J connectivity index is 1.47. The molecule has 1 N–H and O–H groups in total. The molecule has 1 aromatic heterocycles. The van der Waals surface area contributed by atoms with E-state index in [4.69, 9.17) is 0 Å². The fraction of sp³-hybridized carbons (Fsp3) is 0.692. The van der Waals surface area contributed by atoms with Crippen LogP contribution in [0.25, 0.3) is 0 Å². The molecule has 2 aliphatic carbocycles. The molecule has 1 aromatic rings. The van der Waals surface area contributed by atoms with E-state index < -0.39 is 0 Å². The molecule has 0 saturated heterocycles. The highest BCUT2D eigenvalue weighted by molar-refractivity contribution is 5.10. The van der Waals surface area contributed by atoms with Crippen LogP contribution in [0.3, 0.4) is 0 Å². The van der Waals surface area contributed by atoms with Gasteiger partial charge in [-0.25, -0.2) is 0 Å². The molecule has 0 aliphatic heterocycles. The number of nitrogens with one attached hydrogen (secondary N) is 1. The molecule has 0 aromatic carbocycles. The third-order valence-electron chi connectivity index (χ3n) is 4.03. The van der Waals surface area contributed by atoms with Gasteiger partial charge in [-0.05, 0) is 48.6 Å². The van der Waals surface area contributed by atoms with Gasteiger partial charge in [0.15, 0.2) is 0 Å². The number of nitrogens with zero attached hydrogens (tertiary/aromatic N) is 1. The fourth-order valence-corrected chi connectivity index (χ4v) is 2.71. The zero-order valence-corrected chi connectivity index (χ0v) is 9.50. The quantitative estimate of drug-likeness (QED) is 0.778. The summed E-state index contributed by atoms with van der Waals surface area (Å²) in [6, 6.07) is 2.20. The minimum atomic E-state index is 0.731. The molecule has 2 aliphatic rings. The van der Waals surface area contributed by atoms with Gasteiger partial charge in [-0.2, -0.15) is 0 Å². The zero-order valence-electron chi connectivity index (χ0n) is 9.50. The highest BCUT2D eigenvalue weighted by Crippen LogP contribution is 2.60. The Morgan fingerprint density at radius 1 is 1.47 bits per heavy atom. The summed E-state index contributed by atoms with van der Waals surface area (Å²) in [4.78, 5) is 0. The molecule has 1 heterocycles. The average molecular weight is 204 g/mol. The minimum absolute atomic E-state index is 0.731. The number of hydrogen-bond donors (Lipinski definition) is 1. The number of aryl methyl sites for hydroxylation is 1. The number of hydrogen-bond acceptors (Lipinski definition) is 1. The molecule has 0 atom stereocenters. The fourth-order valence-electron chi connectivity index (χ4n) is 2.71. The van der Waals surface area contributed by atoms with Crippen molar-refractivity contribution in [1.29, 1.82) is 0 Å². The highest BCUT2D eigenvalue weighted by Gasteiger charge is 2.53. The molecule has 2 fully saturated rings. The first-order valence-corrected chi connectivity index (χ1v) is 6.10. The number of aromatic nitrogens is 1. The van der Waals surface area contributed by atoms with E-state index in [9.17, 15) is 0 Å². The summed E-state index contributed by atoms with van der Waals surface area (Å²) >= 11 is 0. The smallest absolute Gasteiger partial charge is 0.0220 e. The molecule has 0 bridgehead atoms. The van der Waals surface area contributed by atoms with E-state index >= 15 is 0 Å². The van der Waals surface area contributed by atoms with Gasteiger partial charge in [0.25, 0.3) is 0 Å². The lowest BCUT2D eigenvalue weighted by Crippen LogP contribution is -2.24. The molecular weight excluding hydrogens is 184 g/mol. The largest absolute Gasteiger partial charge is 0.357 e. The van der Waals surface area contributed by atoms with Crippen molar-refractivity contribution < 1.29 is 0 Å². The lowest BCUT2D eigenvalue weighted by atomic mass is 10.0. The monoisotopic (exact) mass is 204 g/mol. The minimum Gasteiger partial charge on any atom is -0.357 e. The van der Waals surface area contributed by atoms with E-state index in [1.807, 2.05) is 0 Å². The van der Waals surface area contributed by atoms with Crippen molar-refractivity contribution in [1.82, 2.24) is 9.88 Å². The van der Waals surface area contributed by atoms with E-state index in [0.717, 1.165) is 17.9 Å². The van der Waals surface area contributed by atoms with Crippen LogP contribution in [0.1, 0.15) is 31.2 Å². The van der Waals surface area contributed by atoms with Crippen LogP contribution in [0.4, 0.5) is 0 Å². The van der Waals surface area contributed by atoms with Crippen LogP contribution in [0.5, 0.6) is 0 Å². The van der Waals surface area contributed by atoms with Gasteiger partial charge in [0.2, 0.25) is 0 Å². The van der Waals surface area contributed by atoms with Crippen LogP contribution in [0.15, 0.2) is 18.5 Å². The maximum Gasteiger partial charge on any atom is 0.0220 e. The second-order valence-electron chi connectivity index (χ2n) is 5.43. The zero-order chi connectivity index (χ0) is 10.3. The van der Waals surface area contributed by atoms with Crippen LogP contribution in [0.2, 0.25) is 0 Å². The van der Waals surface area contributed by atoms with Gasteiger partial charge < -0.3 is 9.88 Å². The molecular formula is C13H20N2. The van der Waals surface area contributed by atoms with Gasteiger partial charge >= 0.3 is 0 Å². The SMILES string of the molecule is Cn1ccc(CNCC2(C3CC3)CC2)c1. The first-order chi connectivity index (χ1) is 7.28. The van der Waals surface area contributed by atoms with Crippen LogP contribution in [0, 0.1) is 11.3 Å². The molecule has 2 nitrogen and oxygen atoms in total. The van der Waals surface area contributed by atoms with Gasteiger partial charge in [-0.3, -0.25) is 0 Å². The van der Waals surface area contributed by atoms with Crippen molar-refractivity contribution in [3.8, 4) is 0 Å². The summed E-state index contributed by atoms with van der Waals surface area (Å²) in [6.07, 6.45) is 10.2. The van der Waals surface area contributed by atoms with Crippen molar-refractivity contribution in [3.05, 3.63) is 24.0 Å². The van der Waals surface area contributed by atoms with Gasteiger partial charge in [0.1, 0.15) is 0 Å². The van der Waals surface area contributed by atoms with Crippen molar-refractivity contribution in [2.45, 2.75) is 32.2 Å². The van der Waals surface area contributed by atoms with E-state index in [2.05, 4.69) is 35.4 Å². The highest BCUT2D eigenvalue weighted by atomic mass is 14.9. The average Bonchev–Trinajstić information content (AvgIpc) is 3.08. The van der Waals surface area contributed by atoms with E-state index in [-0.39, 0.29) is 0 Å². The lowest BCUT2D eigenvalue weighted by molar-refractivity contribution is 0.403. The lowest BCUT2D eigenvalue weighted by Gasteiger charge is -2.14. The Bertz CT molecular complexity index is 345. The predicted molar refractivity (Wildman–Crippen MR) is 61.5 cm³/mol. The van der Waals surface area contributed by atoms with Gasteiger partial charge in [0.05, 0.1) is 0 Å². The number of rotatable bonds is 5. The van der Waals surface area contributed by atoms with Crippen molar-refractivity contribution in [2.75, 3.05) is 6.54 Å². The maximum atomic E-state index is 3.63. The van der Waals surface area contributed by atoms with Crippen molar-refractivity contribution in [2.24, 2.45) is 18.4 Å². The molecule has 0 radical (unpaired) electrons. The van der Waals surface area contributed by atoms with Crippen molar-refractivity contribution >= 4 is 0 Å². The van der Waals surface area contributed by atoms with Gasteiger partial charge in [-0.15, -0.1) is 0 Å². The summed E-state index contributed by atoms with van der Waals surface area (Å²) < 4.78 is 2.12. The van der Waals surface area contributed by atoms with Gasteiger partial charge in [-0.1, -0.05) is 0 Å². The van der Waals surface area contributed by atoms with E-state index in [0.29, 0.717) is 0 Å². The Kier molecular flexibility index (Phi) is 2.13. The normalized spacial score (nSPS) is 23.0. The summed E-state index contributed by atoms with van der Waals surface area (Å²) in [7, 11) is 2.08. The molecule has 2 heteroatoms. The van der Waals surface area contributed by atoms with E-state index in [1.54, 1.807) is 0 Å². The molecule has 2 saturated carbocycles. The predicted octanol–water partition coefficient (Wildman–Crippen LogP) is 2.30. The molecule has 82 valence electrons. The van der Waals surface area contributed by atoms with Gasteiger partial charge in [0, 0.05) is 32.5 Å². The Hall–Kier alpha value is -0.760. The molecule has 0 unspecified atom stereocenters. The first-order valence-electron chi connectivity index (χ1n) is 6.10. The molecule has 0 amide bonds. The third kappa shape index (κ3) is 1.96. The first kappa shape index (κ1) is 9.46. The third-order valence-corrected chi connectivity index (χ3v) is 4.03. The van der Waals surface area contributed by atoms with Crippen LogP contribution in [-0.2, 0) is 13.6 Å². The topological polar surface area (TPSA) is 17.0 Å². The second-order valence-corrected chi connectivity index (χ2v) is 5.43. The Morgan fingerprint density at radius 3 is 2.80 bits per heavy atom. The maximum absolute atomic E-state index is 3.63.